The van der Waals surface area contributed by atoms with Crippen LogP contribution in [0.3, 0.4) is 0 Å². The maximum Gasteiger partial charge on any atom is 0.228 e. The highest BCUT2D eigenvalue weighted by Gasteiger charge is 2.59. The second-order valence-electron chi connectivity index (χ2n) is 6.23. The van der Waals surface area contributed by atoms with Crippen molar-refractivity contribution in [2.45, 2.75) is 26.2 Å². The van der Waals surface area contributed by atoms with Crippen molar-refractivity contribution in [2.75, 3.05) is 5.32 Å². The molecule has 0 radical (unpaired) electrons. The van der Waals surface area contributed by atoms with Crippen LogP contribution in [0.25, 0.3) is 0 Å². The van der Waals surface area contributed by atoms with Gasteiger partial charge in [-0.1, -0.05) is 24.3 Å². The van der Waals surface area contributed by atoms with Crippen LogP contribution in [0, 0.1) is 25.7 Å². The molecule has 1 fully saturated rings. The van der Waals surface area contributed by atoms with Gasteiger partial charge in [0.25, 0.3) is 0 Å². The van der Waals surface area contributed by atoms with Crippen molar-refractivity contribution in [3.63, 3.8) is 0 Å². The number of benzene rings is 1. The van der Waals surface area contributed by atoms with Gasteiger partial charge in [-0.25, -0.2) is 0 Å². The number of amides is 1. The van der Waals surface area contributed by atoms with E-state index in [4.69, 9.17) is 0 Å². The number of carbonyl (C=O) groups excluding carboxylic acids is 1. The Morgan fingerprint density at radius 3 is 2.90 bits per heavy atom. The fourth-order valence-electron chi connectivity index (χ4n) is 3.65. The monoisotopic (exact) mass is 278 g/mol. The molecular formula is C18H18N2O. The van der Waals surface area contributed by atoms with Gasteiger partial charge in [0.1, 0.15) is 0 Å². The van der Waals surface area contributed by atoms with Crippen molar-refractivity contribution in [1.29, 1.82) is 0 Å². The molecule has 1 saturated carbocycles. The van der Waals surface area contributed by atoms with Gasteiger partial charge < -0.3 is 5.32 Å². The lowest BCUT2D eigenvalue weighted by molar-refractivity contribution is -0.117. The molecule has 2 aliphatic carbocycles. The van der Waals surface area contributed by atoms with Gasteiger partial charge in [0.15, 0.2) is 0 Å². The third-order valence-corrected chi connectivity index (χ3v) is 4.95. The number of hydrogen-bond acceptors (Lipinski definition) is 2. The average molecular weight is 278 g/mol. The number of aromatic nitrogens is 1. The summed E-state index contributed by atoms with van der Waals surface area (Å²) in [6.45, 7) is 3.99. The summed E-state index contributed by atoms with van der Waals surface area (Å²) in [5, 5.41) is 3.03. The molecule has 0 spiro atoms. The maximum absolute atomic E-state index is 12.5. The van der Waals surface area contributed by atoms with Crippen molar-refractivity contribution in [3.8, 4) is 0 Å². The fourth-order valence-corrected chi connectivity index (χ4v) is 3.65. The van der Waals surface area contributed by atoms with Crippen LogP contribution >= 0.6 is 0 Å². The zero-order valence-electron chi connectivity index (χ0n) is 12.3. The number of carbonyl (C=O) groups is 1. The molecule has 0 bridgehead atoms. The van der Waals surface area contributed by atoms with E-state index in [1.807, 2.05) is 19.9 Å². The van der Waals surface area contributed by atoms with Crippen LogP contribution in [-0.2, 0) is 11.2 Å². The van der Waals surface area contributed by atoms with Gasteiger partial charge in [-0.05, 0) is 54.9 Å². The molecule has 106 valence electrons. The SMILES string of the molecule is Cc1cc(NC(=O)C2C3Cc4ccccc4C32)cnc1C. The summed E-state index contributed by atoms with van der Waals surface area (Å²) >= 11 is 0. The lowest BCUT2D eigenvalue weighted by Gasteiger charge is -2.09. The van der Waals surface area contributed by atoms with Crippen molar-refractivity contribution in [2.24, 2.45) is 11.8 Å². The highest BCUT2D eigenvalue weighted by atomic mass is 16.2. The quantitative estimate of drug-likeness (QED) is 0.916. The molecule has 3 nitrogen and oxygen atoms in total. The molecule has 1 aromatic carbocycles. The third-order valence-electron chi connectivity index (χ3n) is 4.95. The third kappa shape index (κ3) is 1.96. The number of pyridine rings is 1. The summed E-state index contributed by atoms with van der Waals surface area (Å²) in [6, 6.07) is 10.5. The molecule has 1 amide bonds. The van der Waals surface area contributed by atoms with Crippen LogP contribution in [0.5, 0.6) is 0 Å². The summed E-state index contributed by atoms with van der Waals surface area (Å²) in [5.41, 5.74) is 5.71. The Hall–Kier alpha value is -2.16. The zero-order chi connectivity index (χ0) is 14.6. The minimum atomic E-state index is 0.140. The molecule has 0 saturated heterocycles. The molecule has 0 aliphatic heterocycles. The maximum atomic E-state index is 12.5. The molecule has 21 heavy (non-hydrogen) atoms. The second kappa shape index (κ2) is 4.42. The van der Waals surface area contributed by atoms with E-state index >= 15 is 0 Å². The lowest BCUT2D eigenvalue weighted by atomic mass is 10.0. The number of nitrogens with zero attached hydrogens (tertiary/aromatic N) is 1. The van der Waals surface area contributed by atoms with Crippen LogP contribution in [0.15, 0.2) is 36.5 Å². The van der Waals surface area contributed by atoms with E-state index in [0.717, 1.165) is 23.4 Å². The van der Waals surface area contributed by atoms with Crippen LogP contribution in [0.1, 0.15) is 28.3 Å². The van der Waals surface area contributed by atoms with Gasteiger partial charge >= 0.3 is 0 Å². The number of anilines is 1. The van der Waals surface area contributed by atoms with Crippen molar-refractivity contribution in [1.82, 2.24) is 4.98 Å². The standard InChI is InChI=1S/C18H18N2O/c1-10-7-13(9-19-11(10)2)20-18(21)17-15-8-12-5-3-4-6-14(12)16(15)17/h3-7,9,15-17H,8H2,1-2H3,(H,20,21). The molecular weight excluding hydrogens is 260 g/mol. The first-order valence-corrected chi connectivity index (χ1v) is 7.47. The van der Waals surface area contributed by atoms with E-state index in [1.165, 1.54) is 11.1 Å². The van der Waals surface area contributed by atoms with Gasteiger partial charge in [0.2, 0.25) is 5.91 Å². The summed E-state index contributed by atoms with van der Waals surface area (Å²) in [6.07, 6.45) is 2.79. The molecule has 4 rings (SSSR count). The second-order valence-corrected chi connectivity index (χ2v) is 6.23. The largest absolute Gasteiger partial charge is 0.324 e. The molecule has 3 unspecified atom stereocenters. The molecule has 2 aliphatic rings. The zero-order valence-corrected chi connectivity index (χ0v) is 12.3. The lowest BCUT2D eigenvalue weighted by Crippen LogP contribution is -2.17. The first-order chi connectivity index (χ1) is 10.1. The summed E-state index contributed by atoms with van der Waals surface area (Å²) < 4.78 is 0. The van der Waals surface area contributed by atoms with E-state index in [2.05, 4.69) is 34.6 Å². The van der Waals surface area contributed by atoms with Gasteiger partial charge in [-0.3, -0.25) is 9.78 Å². The molecule has 2 aromatic rings. The summed E-state index contributed by atoms with van der Waals surface area (Å²) in [4.78, 5) is 16.8. The van der Waals surface area contributed by atoms with Gasteiger partial charge in [-0.15, -0.1) is 0 Å². The first kappa shape index (κ1) is 12.6. The van der Waals surface area contributed by atoms with E-state index in [1.54, 1.807) is 6.20 Å². The van der Waals surface area contributed by atoms with Gasteiger partial charge in [-0.2, -0.15) is 0 Å². The van der Waals surface area contributed by atoms with Gasteiger partial charge in [0, 0.05) is 11.6 Å². The van der Waals surface area contributed by atoms with E-state index in [0.29, 0.717) is 11.8 Å². The Balaban J connectivity index is 1.50. The predicted octanol–water partition coefficient (Wildman–Crippen LogP) is 3.22. The van der Waals surface area contributed by atoms with Crippen LogP contribution in [-0.4, -0.2) is 10.9 Å². The topological polar surface area (TPSA) is 42.0 Å². The minimum absolute atomic E-state index is 0.140. The normalized spacial score (nSPS) is 25.1. The average Bonchev–Trinajstić information content (AvgIpc) is 3.06. The number of hydrogen-bond donors (Lipinski definition) is 1. The van der Waals surface area contributed by atoms with E-state index in [9.17, 15) is 4.79 Å². The number of aryl methyl sites for hydroxylation is 2. The Morgan fingerprint density at radius 1 is 1.29 bits per heavy atom. The molecule has 1 aromatic heterocycles. The first-order valence-electron chi connectivity index (χ1n) is 7.47. The van der Waals surface area contributed by atoms with Crippen LogP contribution in [0.4, 0.5) is 5.69 Å². The molecule has 3 atom stereocenters. The Kier molecular flexibility index (Phi) is 2.64. The Bertz CT molecular complexity index is 738. The number of nitrogens with one attached hydrogen (secondary N) is 1. The highest BCUT2D eigenvalue weighted by molar-refractivity contribution is 5.96. The Morgan fingerprint density at radius 2 is 2.10 bits per heavy atom. The predicted molar refractivity (Wildman–Crippen MR) is 82.2 cm³/mol. The molecule has 3 heteroatoms. The van der Waals surface area contributed by atoms with E-state index < -0.39 is 0 Å². The van der Waals surface area contributed by atoms with Crippen molar-refractivity contribution >= 4 is 11.6 Å². The summed E-state index contributed by atoms with van der Waals surface area (Å²) in [7, 11) is 0. The summed E-state index contributed by atoms with van der Waals surface area (Å²) in [5.74, 6) is 1.22. The Labute approximate surface area is 124 Å². The smallest absolute Gasteiger partial charge is 0.228 e. The fraction of sp³-hybridized carbons (Fsp3) is 0.333. The highest BCUT2D eigenvalue weighted by Crippen LogP contribution is 2.61. The minimum Gasteiger partial charge on any atom is -0.324 e. The van der Waals surface area contributed by atoms with E-state index in [-0.39, 0.29) is 11.8 Å². The van der Waals surface area contributed by atoms with Gasteiger partial charge in [0.05, 0.1) is 11.9 Å². The molecule has 1 heterocycles. The number of rotatable bonds is 2. The molecule has 1 N–H and O–H groups in total. The van der Waals surface area contributed by atoms with Crippen molar-refractivity contribution < 1.29 is 4.79 Å². The van der Waals surface area contributed by atoms with Crippen molar-refractivity contribution in [3.05, 3.63) is 58.9 Å². The van der Waals surface area contributed by atoms with Crippen LogP contribution < -0.4 is 5.32 Å². The van der Waals surface area contributed by atoms with Crippen LogP contribution in [0.2, 0.25) is 0 Å². The number of fused-ring (bicyclic) bond motifs is 3.